The molecule has 0 aliphatic carbocycles. The third-order valence-corrected chi connectivity index (χ3v) is 3.66. The van der Waals surface area contributed by atoms with Gasteiger partial charge in [-0.2, -0.15) is 0 Å². The van der Waals surface area contributed by atoms with Crippen molar-refractivity contribution in [3.8, 4) is 11.5 Å². The second kappa shape index (κ2) is 7.70. The predicted molar refractivity (Wildman–Crippen MR) is 95.7 cm³/mol. The van der Waals surface area contributed by atoms with Crippen LogP contribution in [0.1, 0.15) is 25.0 Å². The average Bonchev–Trinajstić information content (AvgIpc) is 2.60. The molecule has 0 saturated heterocycles. The summed E-state index contributed by atoms with van der Waals surface area (Å²) in [5, 5.41) is 11.4. The molecule has 0 fully saturated rings. The summed E-state index contributed by atoms with van der Waals surface area (Å²) in [6.45, 7) is 7.96. The lowest BCUT2D eigenvalue weighted by Gasteiger charge is -2.11. The van der Waals surface area contributed by atoms with Gasteiger partial charge in [0.2, 0.25) is 0 Å². The van der Waals surface area contributed by atoms with Crippen molar-refractivity contribution in [2.24, 2.45) is 0 Å². The van der Waals surface area contributed by atoms with Gasteiger partial charge in [0.05, 0.1) is 16.5 Å². The largest absolute Gasteiger partial charge is 0.454 e. The maximum atomic E-state index is 14.0. The van der Waals surface area contributed by atoms with Crippen LogP contribution in [0.2, 0.25) is 0 Å². The lowest BCUT2D eigenvalue weighted by atomic mass is 10.1. The van der Waals surface area contributed by atoms with Crippen molar-refractivity contribution in [2.45, 2.75) is 27.7 Å². The standard InChI is InChI=1S/C17H13FN2O3.C2H6/c1-10-7-13-15(8-11(10)2)19-6-5-16(13)23-17-4-3-12(20(21)22)9-14(17)18;1-2/h3-9H,1-2H3;1-2H3. The van der Waals surface area contributed by atoms with E-state index in [1.165, 1.54) is 12.1 Å². The highest BCUT2D eigenvalue weighted by molar-refractivity contribution is 5.86. The zero-order valence-electron chi connectivity index (χ0n) is 14.5. The molecular weight excluding hydrogens is 323 g/mol. The van der Waals surface area contributed by atoms with Crippen LogP contribution in [-0.4, -0.2) is 9.91 Å². The van der Waals surface area contributed by atoms with Gasteiger partial charge in [0.1, 0.15) is 5.75 Å². The minimum Gasteiger partial charge on any atom is -0.454 e. The van der Waals surface area contributed by atoms with Crippen molar-refractivity contribution in [3.05, 3.63) is 69.7 Å². The van der Waals surface area contributed by atoms with Crippen LogP contribution in [0.5, 0.6) is 11.5 Å². The van der Waals surface area contributed by atoms with Gasteiger partial charge in [-0.15, -0.1) is 0 Å². The third-order valence-electron chi connectivity index (χ3n) is 3.66. The molecule has 2 aromatic carbocycles. The minimum absolute atomic E-state index is 0.0682. The van der Waals surface area contributed by atoms with E-state index in [-0.39, 0.29) is 11.4 Å². The molecule has 0 amide bonds. The first kappa shape index (κ1) is 18.3. The number of nitro benzene ring substituents is 1. The Bertz CT molecular complexity index is 926. The highest BCUT2D eigenvalue weighted by atomic mass is 19.1. The Morgan fingerprint density at radius 2 is 1.72 bits per heavy atom. The molecule has 3 rings (SSSR count). The van der Waals surface area contributed by atoms with Gasteiger partial charge in [-0.25, -0.2) is 4.39 Å². The lowest BCUT2D eigenvalue weighted by Crippen LogP contribution is -1.94. The second-order valence-corrected chi connectivity index (χ2v) is 5.24. The molecule has 1 heterocycles. The van der Waals surface area contributed by atoms with Crippen LogP contribution < -0.4 is 4.74 Å². The van der Waals surface area contributed by atoms with Crippen LogP contribution in [-0.2, 0) is 0 Å². The topological polar surface area (TPSA) is 65.3 Å². The summed E-state index contributed by atoms with van der Waals surface area (Å²) in [7, 11) is 0. The number of non-ortho nitro benzene ring substituents is 1. The van der Waals surface area contributed by atoms with Crippen LogP contribution in [0, 0.1) is 29.8 Å². The minimum atomic E-state index is -0.784. The smallest absolute Gasteiger partial charge is 0.272 e. The normalized spacial score (nSPS) is 10.1. The number of fused-ring (bicyclic) bond motifs is 1. The van der Waals surface area contributed by atoms with Crippen molar-refractivity contribution in [1.29, 1.82) is 0 Å². The molecule has 0 N–H and O–H groups in total. The summed E-state index contributed by atoms with van der Waals surface area (Å²) >= 11 is 0. The van der Waals surface area contributed by atoms with E-state index < -0.39 is 10.7 Å². The maximum absolute atomic E-state index is 14.0. The van der Waals surface area contributed by atoms with Gasteiger partial charge in [-0.3, -0.25) is 15.1 Å². The monoisotopic (exact) mass is 342 g/mol. The van der Waals surface area contributed by atoms with Crippen LogP contribution >= 0.6 is 0 Å². The summed E-state index contributed by atoms with van der Waals surface area (Å²) in [5.41, 5.74) is 2.59. The Morgan fingerprint density at radius 3 is 2.36 bits per heavy atom. The molecule has 1 aromatic heterocycles. The first-order chi connectivity index (χ1) is 12.0. The number of ether oxygens (including phenoxy) is 1. The number of nitrogens with zero attached hydrogens (tertiary/aromatic N) is 2. The van der Waals surface area contributed by atoms with Gasteiger partial charge >= 0.3 is 0 Å². The second-order valence-electron chi connectivity index (χ2n) is 5.24. The van der Waals surface area contributed by atoms with E-state index in [0.29, 0.717) is 5.75 Å². The molecule has 5 nitrogen and oxygen atoms in total. The molecule has 3 aromatic rings. The highest BCUT2D eigenvalue weighted by Gasteiger charge is 2.14. The summed E-state index contributed by atoms with van der Waals surface area (Å²) in [6.07, 6.45) is 1.58. The molecule has 0 spiro atoms. The Labute approximate surface area is 145 Å². The Morgan fingerprint density at radius 1 is 1.04 bits per heavy atom. The number of aromatic nitrogens is 1. The van der Waals surface area contributed by atoms with Gasteiger partial charge in [0.25, 0.3) is 5.69 Å². The lowest BCUT2D eigenvalue weighted by molar-refractivity contribution is -0.385. The Kier molecular flexibility index (Phi) is 5.64. The van der Waals surface area contributed by atoms with E-state index in [0.717, 1.165) is 28.1 Å². The molecule has 0 atom stereocenters. The molecule has 0 saturated carbocycles. The number of benzene rings is 2. The first-order valence-corrected chi connectivity index (χ1v) is 7.93. The predicted octanol–water partition coefficient (Wildman–Crippen LogP) is 5.72. The molecule has 0 radical (unpaired) electrons. The molecule has 0 aliphatic heterocycles. The number of halogens is 1. The van der Waals surface area contributed by atoms with Crippen LogP contribution in [0.25, 0.3) is 10.9 Å². The highest BCUT2D eigenvalue weighted by Crippen LogP contribution is 2.32. The van der Waals surface area contributed by atoms with Crippen LogP contribution in [0.4, 0.5) is 10.1 Å². The van der Waals surface area contributed by atoms with Gasteiger partial charge in [-0.05, 0) is 49.2 Å². The van der Waals surface area contributed by atoms with E-state index in [1.54, 1.807) is 12.3 Å². The van der Waals surface area contributed by atoms with Gasteiger partial charge in [0.15, 0.2) is 11.6 Å². The van der Waals surface area contributed by atoms with Crippen molar-refractivity contribution >= 4 is 16.6 Å². The van der Waals surface area contributed by atoms with Crippen molar-refractivity contribution in [1.82, 2.24) is 4.98 Å². The van der Waals surface area contributed by atoms with Gasteiger partial charge in [-0.1, -0.05) is 13.8 Å². The number of pyridine rings is 1. The van der Waals surface area contributed by atoms with Gasteiger partial charge < -0.3 is 4.74 Å². The maximum Gasteiger partial charge on any atom is 0.272 e. The van der Waals surface area contributed by atoms with Crippen LogP contribution in [0.3, 0.4) is 0 Å². The average molecular weight is 342 g/mol. The summed E-state index contributed by atoms with van der Waals surface area (Å²) in [4.78, 5) is 14.3. The number of hydrogen-bond donors (Lipinski definition) is 0. The van der Waals surface area contributed by atoms with Gasteiger partial charge in [0, 0.05) is 17.6 Å². The number of aryl methyl sites for hydroxylation is 2. The molecule has 0 unspecified atom stereocenters. The van der Waals surface area contributed by atoms with E-state index >= 15 is 0 Å². The van der Waals surface area contributed by atoms with E-state index in [4.69, 9.17) is 4.74 Å². The molecular formula is C19H19FN2O3. The zero-order chi connectivity index (χ0) is 18.6. The third kappa shape index (κ3) is 3.91. The summed E-state index contributed by atoms with van der Waals surface area (Å²) in [5.74, 6) is -0.403. The fourth-order valence-corrected chi connectivity index (χ4v) is 2.27. The Hall–Kier alpha value is -3.02. The zero-order valence-corrected chi connectivity index (χ0v) is 14.5. The fourth-order valence-electron chi connectivity index (χ4n) is 2.27. The first-order valence-electron chi connectivity index (χ1n) is 7.93. The quantitative estimate of drug-likeness (QED) is 0.451. The van der Waals surface area contributed by atoms with Crippen molar-refractivity contribution < 1.29 is 14.1 Å². The Balaban J connectivity index is 0.00000109. The number of rotatable bonds is 3. The summed E-state index contributed by atoms with van der Waals surface area (Å²) < 4.78 is 19.6. The molecule has 130 valence electrons. The number of hydrogen-bond acceptors (Lipinski definition) is 4. The molecule has 25 heavy (non-hydrogen) atoms. The molecule has 0 bridgehead atoms. The van der Waals surface area contributed by atoms with E-state index in [9.17, 15) is 14.5 Å². The number of nitro groups is 1. The fraction of sp³-hybridized carbons (Fsp3) is 0.211. The van der Waals surface area contributed by atoms with E-state index in [1.807, 2.05) is 39.8 Å². The summed E-state index contributed by atoms with van der Waals surface area (Å²) in [6, 6.07) is 8.80. The van der Waals surface area contributed by atoms with Crippen molar-refractivity contribution in [2.75, 3.05) is 0 Å². The SMILES string of the molecule is CC.Cc1cc2nccc(Oc3ccc([N+](=O)[O-])cc3F)c2cc1C. The van der Waals surface area contributed by atoms with Crippen molar-refractivity contribution in [3.63, 3.8) is 0 Å². The van der Waals surface area contributed by atoms with Crippen LogP contribution in [0.15, 0.2) is 42.6 Å². The van der Waals surface area contributed by atoms with E-state index in [2.05, 4.69) is 4.98 Å². The molecule has 0 aliphatic rings. The molecule has 6 heteroatoms.